The third kappa shape index (κ3) is 7.11. The highest BCUT2D eigenvalue weighted by molar-refractivity contribution is 7.86. The maximum Gasteiger partial charge on any atom is 0.322 e. The molecule has 2 rings (SSSR count). The second-order valence-corrected chi connectivity index (χ2v) is 8.44. The fourth-order valence-corrected chi connectivity index (χ4v) is 3.07. The average molecular weight is 407 g/mol. The van der Waals surface area contributed by atoms with Gasteiger partial charge in [0, 0.05) is 24.8 Å². The molecule has 0 saturated heterocycles. The molecule has 0 atom stereocenters. The molecule has 2 amide bonds. The number of rotatable bonds is 8. The van der Waals surface area contributed by atoms with Gasteiger partial charge in [-0.3, -0.25) is 0 Å². The van der Waals surface area contributed by atoms with Crippen LogP contribution in [0.3, 0.4) is 0 Å². The van der Waals surface area contributed by atoms with Crippen molar-refractivity contribution in [1.29, 1.82) is 0 Å². The quantitative estimate of drug-likeness (QED) is 0.675. The van der Waals surface area contributed by atoms with Crippen LogP contribution in [0, 0.1) is 5.92 Å². The molecule has 8 heteroatoms. The number of nitrogens with zero attached hydrogens (tertiary/aromatic N) is 1. The number of hydrogen-bond donors (Lipinski definition) is 1. The topological polar surface area (TPSA) is 84.9 Å². The molecule has 1 N–H and O–H groups in total. The second-order valence-electron chi connectivity index (χ2n) is 6.87. The van der Waals surface area contributed by atoms with E-state index in [1.165, 1.54) is 0 Å². The van der Waals surface area contributed by atoms with Crippen molar-refractivity contribution in [3.8, 4) is 11.5 Å². The van der Waals surface area contributed by atoms with E-state index in [0.29, 0.717) is 24.5 Å². The lowest BCUT2D eigenvalue weighted by Gasteiger charge is -2.25. The number of benzene rings is 2. The lowest BCUT2D eigenvalue weighted by atomic mass is 10.1. The van der Waals surface area contributed by atoms with Crippen LogP contribution in [0.2, 0.25) is 0 Å². The van der Waals surface area contributed by atoms with Crippen LogP contribution in [0.1, 0.15) is 19.4 Å². The van der Waals surface area contributed by atoms with Gasteiger partial charge in [-0.25, -0.2) is 4.79 Å². The van der Waals surface area contributed by atoms with E-state index >= 15 is 0 Å². The molecule has 0 aliphatic heterocycles. The van der Waals surface area contributed by atoms with Crippen molar-refractivity contribution in [2.75, 3.05) is 25.2 Å². The average Bonchev–Trinajstić information content (AvgIpc) is 2.61. The molecule has 0 aromatic heterocycles. The fourth-order valence-electron chi connectivity index (χ4n) is 2.61. The van der Waals surface area contributed by atoms with Gasteiger partial charge >= 0.3 is 16.1 Å². The molecule has 0 bridgehead atoms. The van der Waals surface area contributed by atoms with E-state index in [-0.39, 0.29) is 17.7 Å². The van der Waals surface area contributed by atoms with Crippen molar-refractivity contribution in [1.82, 2.24) is 4.90 Å². The third-order valence-corrected chi connectivity index (χ3v) is 4.23. The van der Waals surface area contributed by atoms with Crippen LogP contribution in [0.15, 0.2) is 48.5 Å². The predicted octanol–water partition coefficient (Wildman–Crippen LogP) is 3.72. The number of carbonyl (C=O) groups excluding carboxylic acids is 1. The van der Waals surface area contributed by atoms with Crippen molar-refractivity contribution in [2.45, 2.75) is 20.4 Å². The summed E-state index contributed by atoms with van der Waals surface area (Å²) in [7, 11) is -1.99. The van der Waals surface area contributed by atoms with E-state index in [0.717, 1.165) is 11.8 Å². The molecule has 0 aliphatic rings. The predicted molar refractivity (Wildman–Crippen MR) is 109 cm³/mol. The van der Waals surface area contributed by atoms with Crippen molar-refractivity contribution in [3.63, 3.8) is 0 Å². The van der Waals surface area contributed by atoms with Gasteiger partial charge in [-0.2, -0.15) is 8.42 Å². The molecule has 0 radical (unpaired) electrons. The molecule has 28 heavy (non-hydrogen) atoms. The van der Waals surface area contributed by atoms with Gasteiger partial charge in [0.15, 0.2) is 0 Å². The Hall–Kier alpha value is -2.74. The fraction of sp³-hybridized carbons (Fsp3) is 0.350. The van der Waals surface area contributed by atoms with E-state index in [9.17, 15) is 13.2 Å². The smallest absolute Gasteiger partial charge is 0.322 e. The molecule has 2 aromatic rings. The van der Waals surface area contributed by atoms with Crippen molar-refractivity contribution in [3.05, 3.63) is 54.1 Å². The first-order valence-electron chi connectivity index (χ1n) is 8.84. The SMILES string of the molecule is COc1cccc(NC(=O)N(Cc2ccc(OS(C)(=O)=O)cc2)CC(C)C)c1. The molecule has 0 aliphatic carbocycles. The van der Waals surface area contributed by atoms with Crippen LogP contribution in [-0.4, -0.2) is 39.3 Å². The normalized spacial score (nSPS) is 11.2. The van der Waals surface area contributed by atoms with Gasteiger partial charge in [0.1, 0.15) is 11.5 Å². The second kappa shape index (κ2) is 9.45. The van der Waals surface area contributed by atoms with Gasteiger partial charge < -0.3 is 19.1 Å². The highest BCUT2D eigenvalue weighted by atomic mass is 32.2. The largest absolute Gasteiger partial charge is 0.497 e. The van der Waals surface area contributed by atoms with Crippen LogP contribution in [-0.2, 0) is 16.7 Å². The number of hydrogen-bond acceptors (Lipinski definition) is 5. The number of methoxy groups -OCH3 is 1. The molecule has 7 nitrogen and oxygen atoms in total. The lowest BCUT2D eigenvalue weighted by molar-refractivity contribution is 0.201. The summed E-state index contributed by atoms with van der Waals surface area (Å²) < 4.78 is 32.4. The molecule has 2 aromatic carbocycles. The van der Waals surface area contributed by atoms with Gasteiger partial charge in [0.2, 0.25) is 0 Å². The third-order valence-electron chi connectivity index (χ3n) is 3.74. The summed E-state index contributed by atoms with van der Waals surface area (Å²) in [6.45, 7) is 5.02. The Labute approximate surface area is 166 Å². The van der Waals surface area contributed by atoms with Crippen molar-refractivity contribution >= 4 is 21.8 Å². The standard InChI is InChI=1S/C20H26N2O5S/c1-15(2)13-22(20(23)21-17-6-5-7-19(12-17)26-3)14-16-8-10-18(11-9-16)27-28(4,24)25/h5-12,15H,13-14H2,1-4H3,(H,21,23). The molecule has 0 saturated carbocycles. The van der Waals surface area contributed by atoms with Crippen LogP contribution in [0.4, 0.5) is 10.5 Å². The Balaban J connectivity index is 2.10. The minimum absolute atomic E-state index is 0.224. The number of nitrogens with one attached hydrogen (secondary N) is 1. The summed E-state index contributed by atoms with van der Waals surface area (Å²) in [5.74, 6) is 1.18. The van der Waals surface area contributed by atoms with Crippen LogP contribution in [0.25, 0.3) is 0 Å². The number of ether oxygens (including phenoxy) is 1. The van der Waals surface area contributed by atoms with E-state index in [2.05, 4.69) is 5.32 Å². The molecule has 0 spiro atoms. The monoisotopic (exact) mass is 406 g/mol. The highest BCUT2D eigenvalue weighted by Crippen LogP contribution is 2.19. The van der Waals surface area contributed by atoms with E-state index < -0.39 is 10.1 Å². The zero-order valence-corrected chi connectivity index (χ0v) is 17.3. The number of amides is 2. The Morgan fingerprint density at radius 1 is 1.11 bits per heavy atom. The van der Waals surface area contributed by atoms with Crippen LogP contribution < -0.4 is 14.2 Å². The summed E-state index contributed by atoms with van der Waals surface area (Å²) in [5, 5.41) is 2.89. The minimum atomic E-state index is -3.57. The Kier molecular flexibility index (Phi) is 7.28. The summed E-state index contributed by atoms with van der Waals surface area (Å²) in [6.07, 6.45) is 0.994. The first-order chi connectivity index (χ1) is 13.2. The molecular weight excluding hydrogens is 380 g/mol. The number of carbonyl (C=O) groups is 1. The minimum Gasteiger partial charge on any atom is -0.497 e. The van der Waals surface area contributed by atoms with Gasteiger partial charge in [0.05, 0.1) is 13.4 Å². The van der Waals surface area contributed by atoms with Crippen LogP contribution >= 0.6 is 0 Å². The van der Waals surface area contributed by atoms with Gasteiger partial charge in [0.25, 0.3) is 0 Å². The first-order valence-corrected chi connectivity index (χ1v) is 10.7. The van der Waals surface area contributed by atoms with Crippen molar-refractivity contribution in [2.24, 2.45) is 5.92 Å². The Morgan fingerprint density at radius 3 is 2.36 bits per heavy atom. The molecule has 152 valence electrons. The maximum absolute atomic E-state index is 12.8. The van der Waals surface area contributed by atoms with Gasteiger partial charge in [-0.1, -0.05) is 32.0 Å². The zero-order valence-electron chi connectivity index (χ0n) is 16.5. The summed E-state index contributed by atoms with van der Waals surface area (Å²) >= 11 is 0. The van der Waals surface area contributed by atoms with E-state index in [4.69, 9.17) is 8.92 Å². The number of urea groups is 1. The van der Waals surface area contributed by atoms with Gasteiger partial charge in [-0.15, -0.1) is 0 Å². The zero-order chi connectivity index (χ0) is 20.7. The Morgan fingerprint density at radius 2 is 1.79 bits per heavy atom. The maximum atomic E-state index is 12.8. The summed E-state index contributed by atoms with van der Waals surface area (Å²) in [4.78, 5) is 14.5. The Bertz CT molecular complexity index is 895. The summed E-state index contributed by atoms with van der Waals surface area (Å²) in [6, 6.07) is 13.6. The molecule has 0 fully saturated rings. The molecular formula is C20H26N2O5S. The lowest BCUT2D eigenvalue weighted by Crippen LogP contribution is -2.37. The molecule has 0 heterocycles. The van der Waals surface area contributed by atoms with E-state index in [1.54, 1.807) is 48.4 Å². The van der Waals surface area contributed by atoms with Crippen LogP contribution in [0.5, 0.6) is 11.5 Å². The van der Waals surface area contributed by atoms with E-state index in [1.807, 2.05) is 26.0 Å². The first kappa shape index (κ1) is 21.6. The van der Waals surface area contributed by atoms with Gasteiger partial charge in [-0.05, 0) is 35.7 Å². The summed E-state index contributed by atoms with van der Waals surface area (Å²) in [5.41, 5.74) is 1.51. The van der Waals surface area contributed by atoms with Crippen molar-refractivity contribution < 1.29 is 22.1 Å². The number of anilines is 1. The molecule has 0 unspecified atom stereocenters. The highest BCUT2D eigenvalue weighted by Gasteiger charge is 2.16.